The fourth-order valence-electron chi connectivity index (χ4n) is 6.35. The van der Waals surface area contributed by atoms with Crippen LogP contribution in [0.5, 0.6) is 0 Å². The first-order valence-electron chi connectivity index (χ1n) is 15.7. The van der Waals surface area contributed by atoms with Crippen LogP contribution < -0.4 is 9.80 Å². The third-order valence-electron chi connectivity index (χ3n) is 8.61. The molecule has 0 amide bonds. The zero-order valence-corrected chi connectivity index (χ0v) is 25.4. The van der Waals surface area contributed by atoms with Crippen LogP contribution in [0.1, 0.15) is 0 Å². The summed E-state index contributed by atoms with van der Waals surface area (Å²) in [6, 6.07) is 69.3. The number of nitrogens with zero attached hydrogens (tertiary/aromatic N) is 2. The molecule has 0 fully saturated rings. The number of hydrogen-bond acceptors (Lipinski definition) is 2. The molecule has 0 saturated carbocycles. The molecule has 0 bridgehead atoms. The number of hydrogen-bond donors (Lipinski definition) is 0. The van der Waals surface area contributed by atoms with E-state index in [1.807, 2.05) is 0 Å². The number of rotatable bonds is 7. The van der Waals surface area contributed by atoms with Gasteiger partial charge in [0.2, 0.25) is 0 Å². The van der Waals surface area contributed by atoms with E-state index in [2.05, 4.69) is 204 Å². The fraction of sp³-hybridized carbons (Fsp3) is 0. The van der Waals surface area contributed by atoms with Crippen molar-refractivity contribution >= 4 is 55.7 Å². The molecule has 2 heteroatoms. The van der Waals surface area contributed by atoms with E-state index in [1.54, 1.807) is 0 Å². The van der Waals surface area contributed by atoms with E-state index in [0.29, 0.717) is 0 Å². The zero-order valence-electron chi connectivity index (χ0n) is 25.4. The van der Waals surface area contributed by atoms with Crippen LogP contribution in [0, 0.1) is 0 Å². The lowest BCUT2D eigenvalue weighted by atomic mass is 10.0. The lowest BCUT2D eigenvalue weighted by Gasteiger charge is -2.27. The van der Waals surface area contributed by atoms with Crippen LogP contribution in [-0.2, 0) is 0 Å². The van der Waals surface area contributed by atoms with Gasteiger partial charge in [-0.25, -0.2) is 0 Å². The van der Waals surface area contributed by atoms with Crippen LogP contribution in [0.25, 0.3) is 32.7 Å². The van der Waals surface area contributed by atoms with E-state index in [0.717, 1.165) is 34.1 Å². The number of anilines is 6. The predicted octanol–water partition coefficient (Wildman–Crippen LogP) is 12.6. The van der Waals surface area contributed by atoms with Gasteiger partial charge >= 0.3 is 0 Å². The van der Waals surface area contributed by atoms with Crippen molar-refractivity contribution < 1.29 is 0 Å². The summed E-state index contributed by atoms with van der Waals surface area (Å²) in [6.07, 6.45) is 0. The van der Waals surface area contributed by atoms with E-state index in [9.17, 15) is 0 Å². The van der Waals surface area contributed by atoms with Gasteiger partial charge in [0, 0.05) is 33.8 Å². The maximum atomic E-state index is 2.34. The Morgan fingerprint density at radius 1 is 0.261 bits per heavy atom. The molecule has 2 nitrogen and oxygen atoms in total. The summed E-state index contributed by atoms with van der Waals surface area (Å²) in [5, 5.41) is 4.92. The smallest absolute Gasteiger partial charge is 0.0540 e. The lowest BCUT2D eigenvalue weighted by molar-refractivity contribution is 1.29. The highest BCUT2D eigenvalue weighted by Crippen LogP contribution is 2.40. The Hall–Kier alpha value is -6.12. The summed E-state index contributed by atoms with van der Waals surface area (Å²) >= 11 is 0. The van der Waals surface area contributed by atoms with Crippen molar-refractivity contribution in [1.29, 1.82) is 0 Å². The topological polar surface area (TPSA) is 6.48 Å². The maximum Gasteiger partial charge on any atom is 0.0540 e. The van der Waals surface area contributed by atoms with Crippen LogP contribution in [-0.4, -0.2) is 0 Å². The largest absolute Gasteiger partial charge is 0.310 e. The second-order valence-corrected chi connectivity index (χ2v) is 11.5. The van der Waals surface area contributed by atoms with Crippen LogP contribution >= 0.6 is 0 Å². The molecule has 0 aliphatic rings. The molecule has 0 aromatic heterocycles. The third kappa shape index (κ3) is 5.27. The molecule has 8 aromatic carbocycles. The summed E-state index contributed by atoms with van der Waals surface area (Å²) in [6.45, 7) is 0. The van der Waals surface area contributed by atoms with Gasteiger partial charge in [-0.15, -0.1) is 0 Å². The Bertz CT molecular complexity index is 2230. The first kappa shape index (κ1) is 27.4. The van der Waals surface area contributed by atoms with E-state index < -0.39 is 0 Å². The van der Waals surface area contributed by atoms with Crippen molar-refractivity contribution in [3.63, 3.8) is 0 Å². The molecule has 46 heavy (non-hydrogen) atoms. The highest BCUT2D eigenvalue weighted by atomic mass is 15.1. The monoisotopic (exact) mass is 588 g/mol. The van der Waals surface area contributed by atoms with E-state index in [-0.39, 0.29) is 0 Å². The van der Waals surface area contributed by atoms with Crippen molar-refractivity contribution in [3.05, 3.63) is 194 Å². The number of benzene rings is 8. The second-order valence-electron chi connectivity index (χ2n) is 11.5. The third-order valence-corrected chi connectivity index (χ3v) is 8.61. The molecule has 0 heterocycles. The second kappa shape index (κ2) is 12.1. The van der Waals surface area contributed by atoms with Gasteiger partial charge < -0.3 is 9.80 Å². The van der Waals surface area contributed by atoms with E-state index in [4.69, 9.17) is 0 Å². The van der Waals surface area contributed by atoms with Crippen molar-refractivity contribution in [2.24, 2.45) is 0 Å². The van der Waals surface area contributed by atoms with Crippen molar-refractivity contribution in [2.45, 2.75) is 0 Å². The van der Waals surface area contributed by atoms with Gasteiger partial charge in [0.05, 0.1) is 5.69 Å². The standard InChI is InChI=1S/C44H32N2/c1-3-16-38(17-4-1)45(42-31-26-33-12-7-8-14-37(33)32-42)40-27-22-34(23-28-40)35-24-29-41(30-25-35)46(39-18-5-2-6-19-39)44-21-11-15-36-13-9-10-20-43(36)44/h1-32H. The number of fused-ring (bicyclic) bond motifs is 2. The van der Waals surface area contributed by atoms with E-state index >= 15 is 0 Å². The summed E-state index contributed by atoms with van der Waals surface area (Å²) in [5.41, 5.74) is 9.15. The van der Waals surface area contributed by atoms with Crippen LogP contribution in [0.2, 0.25) is 0 Å². The molecule has 0 unspecified atom stereocenters. The fourth-order valence-corrected chi connectivity index (χ4v) is 6.35. The summed E-state index contributed by atoms with van der Waals surface area (Å²) in [4.78, 5) is 4.66. The highest BCUT2D eigenvalue weighted by molar-refractivity contribution is 5.99. The quantitative estimate of drug-likeness (QED) is 0.183. The Kier molecular flexibility index (Phi) is 7.22. The SMILES string of the molecule is c1ccc(N(c2ccc(-c3ccc(N(c4ccccc4)c4cccc5ccccc45)cc3)cc2)c2ccc3ccccc3c2)cc1. The molecule has 8 rings (SSSR count). The van der Waals surface area contributed by atoms with Crippen LogP contribution in [0.15, 0.2) is 194 Å². The molecule has 0 saturated heterocycles. The van der Waals surface area contributed by atoms with Crippen molar-refractivity contribution in [3.8, 4) is 11.1 Å². The van der Waals surface area contributed by atoms with Crippen molar-refractivity contribution in [1.82, 2.24) is 0 Å². The Labute approximate surface area is 270 Å². The van der Waals surface area contributed by atoms with Gasteiger partial charge in [-0.2, -0.15) is 0 Å². The molecule has 0 N–H and O–H groups in total. The van der Waals surface area contributed by atoms with E-state index in [1.165, 1.54) is 32.7 Å². The maximum absolute atomic E-state index is 2.34. The average molecular weight is 589 g/mol. The molecule has 0 aliphatic carbocycles. The molecule has 0 spiro atoms. The lowest BCUT2D eigenvalue weighted by Crippen LogP contribution is -2.10. The van der Waals surface area contributed by atoms with Gasteiger partial charge in [-0.05, 0) is 94.0 Å². The average Bonchev–Trinajstić information content (AvgIpc) is 3.13. The Morgan fingerprint density at radius 3 is 1.37 bits per heavy atom. The normalized spacial score (nSPS) is 11.0. The molecule has 0 aliphatic heterocycles. The molecule has 8 aromatic rings. The minimum absolute atomic E-state index is 1.12. The predicted molar refractivity (Wildman–Crippen MR) is 196 cm³/mol. The Balaban J connectivity index is 1.14. The first-order valence-corrected chi connectivity index (χ1v) is 15.7. The van der Waals surface area contributed by atoms with Gasteiger partial charge in [0.25, 0.3) is 0 Å². The molecule has 218 valence electrons. The molecule has 0 atom stereocenters. The van der Waals surface area contributed by atoms with Gasteiger partial charge in [0.15, 0.2) is 0 Å². The van der Waals surface area contributed by atoms with Gasteiger partial charge in [-0.3, -0.25) is 0 Å². The van der Waals surface area contributed by atoms with Crippen LogP contribution in [0.4, 0.5) is 34.1 Å². The minimum Gasteiger partial charge on any atom is -0.310 e. The molecule has 0 radical (unpaired) electrons. The molecular formula is C44H32N2. The highest BCUT2D eigenvalue weighted by Gasteiger charge is 2.16. The first-order chi connectivity index (χ1) is 22.8. The molecular weight excluding hydrogens is 556 g/mol. The minimum atomic E-state index is 1.12. The van der Waals surface area contributed by atoms with Gasteiger partial charge in [-0.1, -0.05) is 127 Å². The summed E-state index contributed by atoms with van der Waals surface area (Å²) < 4.78 is 0. The summed E-state index contributed by atoms with van der Waals surface area (Å²) in [7, 11) is 0. The van der Waals surface area contributed by atoms with Crippen molar-refractivity contribution in [2.75, 3.05) is 9.80 Å². The number of para-hydroxylation sites is 2. The zero-order chi connectivity index (χ0) is 30.7. The van der Waals surface area contributed by atoms with Gasteiger partial charge in [0.1, 0.15) is 0 Å². The Morgan fingerprint density at radius 2 is 0.717 bits per heavy atom. The van der Waals surface area contributed by atoms with Crippen LogP contribution in [0.3, 0.4) is 0 Å². The summed E-state index contributed by atoms with van der Waals surface area (Å²) in [5.74, 6) is 0.